The van der Waals surface area contributed by atoms with Crippen LogP contribution in [0, 0.1) is 6.92 Å². The van der Waals surface area contributed by atoms with E-state index in [2.05, 4.69) is 78.1 Å². The second-order valence-corrected chi connectivity index (χ2v) is 8.42. The largest absolute Gasteiger partial charge is 0.361 e. The summed E-state index contributed by atoms with van der Waals surface area (Å²) in [6.07, 6.45) is 4.69. The summed E-state index contributed by atoms with van der Waals surface area (Å²) < 4.78 is 0. The number of para-hydroxylation sites is 1. The number of nitrogens with one attached hydrogen (secondary N) is 3. The van der Waals surface area contributed by atoms with Gasteiger partial charge in [0.05, 0.1) is 6.54 Å². The van der Waals surface area contributed by atoms with Gasteiger partial charge in [-0.3, -0.25) is 4.79 Å². The van der Waals surface area contributed by atoms with Crippen LogP contribution in [0.5, 0.6) is 0 Å². The summed E-state index contributed by atoms with van der Waals surface area (Å²) in [5.41, 5.74) is 6.13. The molecule has 0 radical (unpaired) electrons. The quantitative estimate of drug-likeness (QED) is 0.216. The number of H-pyrrole nitrogens is 1. The van der Waals surface area contributed by atoms with Crippen molar-refractivity contribution in [1.29, 1.82) is 0 Å². The Morgan fingerprint density at radius 2 is 1.97 bits per heavy atom. The van der Waals surface area contributed by atoms with Gasteiger partial charge >= 0.3 is 0 Å². The first-order valence-corrected chi connectivity index (χ1v) is 11.6. The van der Waals surface area contributed by atoms with Crippen molar-refractivity contribution in [3.05, 3.63) is 70.9 Å². The topological polar surface area (TPSA) is 72.5 Å². The highest BCUT2D eigenvalue weighted by atomic mass is 127. The van der Waals surface area contributed by atoms with Crippen molar-refractivity contribution in [3.8, 4) is 0 Å². The summed E-state index contributed by atoms with van der Waals surface area (Å²) in [5.74, 6) is 1.08. The van der Waals surface area contributed by atoms with Crippen LogP contribution in [0.15, 0.2) is 53.7 Å². The zero-order valence-corrected chi connectivity index (χ0v) is 21.8. The molecule has 1 saturated heterocycles. The van der Waals surface area contributed by atoms with Gasteiger partial charge in [-0.2, -0.15) is 0 Å². The Labute approximate surface area is 213 Å². The number of hydrogen-bond donors (Lipinski definition) is 3. The minimum atomic E-state index is 0. The number of carbonyl (C=O) groups is 1. The molecule has 7 heteroatoms. The number of nitrogens with zero attached hydrogens (tertiary/aromatic N) is 2. The maximum Gasteiger partial charge on any atom is 0.222 e. The Morgan fingerprint density at radius 1 is 1.15 bits per heavy atom. The van der Waals surface area contributed by atoms with E-state index >= 15 is 0 Å². The van der Waals surface area contributed by atoms with E-state index in [0.717, 1.165) is 44.0 Å². The van der Waals surface area contributed by atoms with E-state index in [1.54, 1.807) is 0 Å². The number of benzene rings is 2. The molecule has 1 fully saturated rings. The third kappa shape index (κ3) is 6.50. The zero-order valence-electron chi connectivity index (χ0n) is 19.5. The number of likely N-dealkylation sites (tertiary alicyclic amines) is 1. The second-order valence-electron chi connectivity index (χ2n) is 8.42. The SMILES string of the molecule is CCNC(=NCc1cccc(CN2CCCC2=O)c1)NCCc1c[nH]c2c(C)cccc12.I. The lowest BCUT2D eigenvalue weighted by Gasteiger charge is -2.16. The van der Waals surface area contributed by atoms with Gasteiger partial charge in [-0.05, 0) is 48.9 Å². The number of carbonyl (C=O) groups excluding carboxylic acids is 1. The van der Waals surface area contributed by atoms with Crippen molar-refractivity contribution in [2.45, 2.75) is 46.2 Å². The molecule has 1 amide bonds. The van der Waals surface area contributed by atoms with Crippen LogP contribution in [-0.4, -0.2) is 41.4 Å². The summed E-state index contributed by atoms with van der Waals surface area (Å²) in [5, 5.41) is 8.09. The van der Waals surface area contributed by atoms with Gasteiger partial charge in [0.1, 0.15) is 0 Å². The van der Waals surface area contributed by atoms with Gasteiger partial charge in [0.15, 0.2) is 5.96 Å². The molecule has 0 spiro atoms. The van der Waals surface area contributed by atoms with Crippen molar-refractivity contribution in [2.24, 2.45) is 4.99 Å². The Hall–Kier alpha value is -2.55. The average Bonchev–Trinajstić information content (AvgIpc) is 3.39. The molecule has 1 aliphatic heterocycles. The fourth-order valence-electron chi connectivity index (χ4n) is 4.32. The third-order valence-corrected chi connectivity index (χ3v) is 6.00. The van der Waals surface area contributed by atoms with Crippen LogP contribution >= 0.6 is 24.0 Å². The van der Waals surface area contributed by atoms with Crippen molar-refractivity contribution in [3.63, 3.8) is 0 Å². The summed E-state index contributed by atoms with van der Waals surface area (Å²) in [6, 6.07) is 14.8. The maximum absolute atomic E-state index is 11.9. The highest BCUT2D eigenvalue weighted by Crippen LogP contribution is 2.21. The molecule has 0 saturated carbocycles. The molecule has 0 bridgehead atoms. The van der Waals surface area contributed by atoms with E-state index in [9.17, 15) is 4.79 Å². The number of rotatable bonds is 8. The molecule has 0 aliphatic carbocycles. The van der Waals surface area contributed by atoms with Crippen molar-refractivity contribution >= 4 is 46.7 Å². The van der Waals surface area contributed by atoms with E-state index < -0.39 is 0 Å². The van der Waals surface area contributed by atoms with Crippen LogP contribution in [0.2, 0.25) is 0 Å². The van der Waals surface area contributed by atoms with Gasteiger partial charge < -0.3 is 20.5 Å². The predicted octanol–water partition coefficient (Wildman–Crippen LogP) is 4.51. The molecule has 33 heavy (non-hydrogen) atoms. The van der Waals surface area contributed by atoms with Gasteiger partial charge in [-0.15, -0.1) is 24.0 Å². The molecule has 2 aromatic carbocycles. The summed E-state index contributed by atoms with van der Waals surface area (Å²) in [4.78, 5) is 22.0. The monoisotopic (exact) mass is 559 g/mol. The van der Waals surface area contributed by atoms with Crippen LogP contribution in [0.25, 0.3) is 10.9 Å². The van der Waals surface area contributed by atoms with Crippen LogP contribution < -0.4 is 10.6 Å². The average molecular weight is 559 g/mol. The van der Waals surface area contributed by atoms with E-state index in [-0.39, 0.29) is 29.9 Å². The zero-order chi connectivity index (χ0) is 22.3. The molecule has 3 N–H and O–H groups in total. The van der Waals surface area contributed by atoms with Crippen LogP contribution in [-0.2, 0) is 24.3 Å². The molecule has 0 unspecified atom stereocenters. The summed E-state index contributed by atoms with van der Waals surface area (Å²) in [7, 11) is 0. The van der Waals surface area contributed by atoms with Gasteiger partial charge in [0.25, 0.3) is 0 Å². The fraction of sp³-hybridized carbons (Fsp3) is 0.385. The maximum atomic E-state index is 11.9. The number of guanidine groups is 1. The van der Waals surface area contributed by atoms with E-state index in [1.807, 2.05) is 4.90 Å². The molecule has 3 aromatic rings. The van der Waals surface area contributed by atoms with Gasteiger partial charge in [0, 0.05) is 49.7 Å². The Bertz CT molecular complexity index is 1110. The number of aliphatic imine (C=N–C) groups is 1. The Kier molecular flexibility index (Phi) is 9.17. The van der Waals surface area contributed by atoms with Gasteiger partial charge in [-0.25, -0.2) is 4.99 Å². The van der Waals surface area contributed by atoms with Crippen LogP contribution in [0.4, 0.5) is 0 Å². The van der Waals surface area contributed by atoms with Crippen molar-refractivity contribution in [2.75, 3.05) is 19.6 Å². The number of aromatic nitrogens is 1. The highest BCUT2D eigenvalue weighted by Gasteiger charge is 2.19. The minimum absolute atomic E-state index is 0. The Morgan fingerprint density at radius 3 is 2.76 bits per heavy atom. The number of hydrogen-bond acceptors (Lipinski definition) is 2. The standard InChI is InChI=1S/C26H33N5O.HI/c1-3-27-26(28-13-12-22-17-29-25-19(2)7-4-10-23(22)25)30-16-20-8-5-9-21(15-20)18-31-14-6-11-24(31)32;/h4-5,7-10,15,17,29H,3,6,11-14,16,18H2,1-2H3,(H2,27,28,30);1H. The molecule has 6 nitrogen and oxygen atoms in total. The Balaban J connectivity index is 0.00000306. The first-order valence-electron chi connectivity index (χ1n) is 11.6. The summed E-state index contributed by atoms with van der Waals surface area (Å²) >= 11 is 0. The predicted molar refractivity (Wildman–Crippen MR) is 146 cm³/mol. The fourth-order valence-corrected chi connectivity index (χ4v) is 4.32. The van der Waals surface area contributed by atoms with Crippen molar-refractivity contribution in [1.82, 2.24) is 20.5 Å². The molecular weight excluding hydrogens is 525 g/mol. The van der Waals surface area contributed by atoms with Gasteiger partial charge in [0.2, 0.25) is 5.91 Å². The molecule has 1 aromatic heterocycles. The number of halogens is 1. The van der Waals surface area contributed by atoms with Gasteiger partial charge in [-0.1, -0.05) is 42.5 Å². The number of fused-ring (bicyclic) bond motifs is 1. The van der Waals surface area contributed by atoms with E-state index in [4.69, 9.17) is 4.99 Å². The second kappa shape index (κ2) is 12.1. The smallest absolute Gasteiger partial charge is 0.222 e. The molecule has 0 atom stereocenters. The molecule has 4 rings (SSSR count). The number of aromatic amines is 1. The first-order chi connectivity index (χ1) is 15.6. The summed E-state index contributed by atoms with van der Waals surface area (Å²) in [6.45, 7) is 8.00. The van der Waals surface area contributed by atoms with Crippen molar-refractivity contribution < 1.29 is 4.79 Å². The van der Waals surface area contributed by atoms with Crippen LogP contribution in [0.3, 0.4) is 0 Å². The lowest BCUT2D eigenvalue weighted by atomic mass is 10.1. The third-order valence-electron chi connectivity index (χ3n) is 6.00. The molecular formula is C26H34IN5O. The van der Waals surface area contributed by atoms with Crippen LogP contribution in [0.1, 0.15) is 42.0 Å². The lowest BCUT2D eigenvalue weighted by molar-refractivity contribution is -0.128. The molecule has 1 aliphatic rings. The normalized spacial score (nSPS) is 13.9. The van der Waals surface area contributed by atoms with E-state index in [0.29, 0.717) is 19.5 Å². The number of aryl methyl sites for hydroxylation is 1. The minimum Gasteiger partial charge on any atom is -0.361 e. The first kappa shape index (κ1) is 25.1. The number of amides is 1. The lowest BCUT2D eigenvalue weighted by Crippen LogP contribution is -2.38. The highest BCUT2D eigenvalue weighted by molar-refractivity contribution is 14.0. The van der Waals surface area contributed by atoms with E-state index in [1.165, 1.54) is 27.6 Å². The molecule has 176 valence electrons. The molecule has 2 heterocycles.